The van der Waals surface area contributed by atoms with Crippen LogP contribution in [0.5, 0.6) is 5.75 Å². The molecule has 4 aromatic rings. The molecule has 2 heterocycles. The summed E-state index contributed by atoms with van der Waals surface area (Å²) in [6, 6.07) is 20.3. The van der Waals surface area contributed by atoms with Gasteiger partial charge in [-0.15, -0.1) is 0 Å². The molecule has 0 atom stereocenters. The number of hydrogen-bond donors (Lipinski definition) is 1. The normalized spacial score (nSPS) is 10.9. The number of hydrogen-bond acceptors (Lipinski definition) is 3. The Morgan fingerprint density at radius 2 is 1.69 bits per heavy atom. The molecular formula is C21H18BrN3O. The van der Waals surface area contributed by atoms with E-state index < -0.39 is 0 Å². The molecule has 0 saturated carbocycles. The van der Waals surface area contributed by atoms with Gasteiger partial charge in [0.25, 0.3) is 0 Å². The maximum absolute atomic E-state index is 5.27. The second-order valence-corrected chi connectivity index (χ2v) is 7.02. The van der Waals surface area contributed by atoms with Crippen molar-refractivity contribution in [3.63, 3.8) is 0 Å². The summed E-state index contributed by atoms with van der Waals surface area (Å²) in [7, 11) is 1.67. The van der Waals surface area contributed by atoms with Crippen molar-refractivity contribution in [1.29, 1.82) is 0 Å². The van der Waals surface area contributed by atoms with Crippen molar-refractivity contribution in [2.45, 2.75) is 6.92 Å². The van der Waals surface area contributed by atoms with E-state index in [9.17, 15) is 0 Å². The number of fused-ring (bicyclic) bond motifs is 1. The third-order valence-electron chi connectivity index (χ3n) is 4.26. The standard InChI is InChI=1S/C21H18BrN3O/c1-14-3-8-17(9-4-14)23-21-20(15-5-10-18(26-2)11-6-15)24-19-12-7-16(22)13-25(19)21/h3-13,23H,1-2H3. The number of methoxy groups -OCH3 is 1. The Labute approximate surface area is 160 Å². The van der Waals surface area contributed by atoms with Crippen LogP contribution in [0, 0.1) is 6.92 Å². The highest BCUT2D eigenvalue weighted by atomic mass is 79.9. The Morgan fingerprint density at radius 3 is 2.38 bits per heavy atom. The molecule has 0 amide bonds. The van der Waals surface area contributed by atoms with Crippen LogP contribution in [-0.2, 0) is 0 Å². The van der Waals surface area contributed by atoms with Gasteiger partial charge in [-0.1, -0.05) is 17.7 Å². The van der Waals surface area contributed by atoms with Gasteiger partial charge in [0.2, 0.25) is 0 Å². The second-order valence-electron chi connectivity index (χ2n) is 6.10. The molecule has 130 valence electrons. The van der Waals surface area contributed by atoms with Crippen molar-refractivity contribution in [2.75, 3.05) is 12.4 Å². The lowest BCUT2D eigenvalue weighted by atomic mass is 10.1. The number of rotatable bonds is 4. The molecule has 0 aliphatic carbocycles. The van der Waals surface area contributed by atoms with Gasteiger partial charge < -0.3 is 10.1 Å². The van der Waals surface area contributed by atoms with E-state index >= 15 is 0 Å². The highest BCUT2D eigenvalue weighted by molar-refractivity contribution is 9.10. The lowest BCUT2D eigenvalue weighted by Crippen LogP contribution is -1.97. The van der Waals surface area contributed by atoms with Gasteiger partial charge in [0.15, 0.2) is 0 Å². The molecule has 0 radical (unpaired) electrons. The van der Waals surface area contributed by atoms with E-state index in [4.69, 9.17) is 9.72 Å². The number of aromatic nitrogens is 2. The fourth-order valence-corrected chi connectivity index (χ4v) is 3.20. The predicted octanol–water partition coefficient (Wildman–Crippen LogP) is 5.82. The number of ether oxygens (including phenoxy) is 1. The molecule has 0 bridgehead atoms. The van der Waals surface area contributed by atoms with E-state index in [0.717, 1.165) is 38.6 Å². The smallest absolute Gasteiger partial charge is 0.143 e. The first kappa shape index (κ1) is 16.7. The van der Waals surface area contributed by atoms with Gasteiger partial charge in [0, 0.05) is 21.9 Å². The molecule has 0 unspecified atom stereocenters. The average Bonchev–Trinajstić information content (AvgIpc) is 3.01. The predicted molar refractivity (Wildman–Crippen MR) is 109 cm³/mol. The molecule has 4 nitrogen and oxygen atoms in total. The van der Waals surface area contributed by atoms with Crippen molar-refractivity contribution in [3.8, 4) is 17.0 Å². The zero-order valence-corrected chi connectivity index (χ0v) is 16.1. The molecule has 2 aromatic carbocycles. The minimum Gasteiger partial charge on any atom is -0.497 e. The Balaban J connectivity index is 1.86. The Hall–Kier alpha value is -2.79. The van der Waals surface area contributed by atoms with Crippen LogP contribution in [0.15, 0.2) is 71.3 Å². The average molecular weight is 408 g/mol. The molecule has 0 aliphatic heterocycles. The molecule has 0 spiro atoms. The zero-order chi connectivity index (χ0) is 18.1. The van der Waals surface area contributed by atoms with Gasteiger partial charge in [0.1, 0.15) is 22.9 Å². The van der Waals surface area contributed by atoms with Crippen LogP contribution in [0.3, 0.4) is 0 Å². The monoisotopic (exact) mass is 407 g/mol. The van der Waals surface area contributed by atoms with E-state index in [1.807, 2.05) is 42.6 Å². The lowest BCUT2D eigenvalue weighted by molar-refractivity contribution is 0.415. The zero-order valence-electron chi connectivity index (χ0n) is 14.5. The fourth-order valence-electron chi connectivity index (χ4n) is 2.86. The summed E-state index contributed by atoms with van der Waals surface area (Å²) < 4.78 is 8.32. The maximum atomic E-state index is 5.27. The van der Waals surface area contributed by atoms with Gasteiger partial charge in [-0.2, -0.15) is 0 Å². The molecule has 0 aliphatic rings. The van der Waals surface area contributed by atoms with Crippen LogP contribution < -0.4 is 10.1 Å². The number of pyridine rings is 1. The van der Waals surface area contributed by atoms with Gasteiger partial charge in [-0.3, -0.25) is 4.40 Å². The maximum Gasteiger partial charge on any atom is 0.143 e. The van der Waals surface area contributed by atoms with Gasteiger partial charge in [-0.05, 0) is 71.4 Å². The first-order valence-electron chi connectivity index (χ1n) is 8.30. The third kappa shape index (κ3) is 3.18. The molecule has 2 aromatic heterocycles. The first-order valence-corrected chi connectivity index (χ1v) is 9.09. The van der Waals surface area contributed by atoms with E-state index in [0.29, 0.717) is 0 Å². The van der Waals surface area contributed by atoms with Crippen LogP contribution >= 0.6 is 15.9 Å². The topological polar surface area (TPSA) is 38.6 Å². The summed E-state index contributed by atoms with van der Waals surface area (Å²) in [5.41, 5.74) is 5.05. The number of imidazole rings is 1. The van der Waals surface area contributed by atoms with Gasteiger partial charge >= 0.3 is 0 Å². The first-order chi connectivity index (χ1) is 12.6. The van der Waals surface area contributed by atoms with Crippen LogP contribution in [0.1, 0.15) is 5.56 Å². The lowest BCUT2D eigenvalue weighted by Gasteiger charge is -2.10. The molecule has 0 saturated heterocycles. The van der Waals surface area contributed by atoms with Crippen molar-refractivity contribution in [2.24, 2.45) is 0 Å². The van der Waals surface area contributed by atoms with E-state index in [-0.39, 0.29) is 0 Å². The molecule has 1 N–H and O–H groups in total. The molecule has 5 heteroatoms. The number of nitrogens with one attached hydrogen (secondary N) is 1. The Morgan fingerprint density at radius 1 is 0.962 bits per heavy atom. The number of aryl methyl sites for hydroxylation is 1. The largest absolute Gasteiger partial charge is 0.497 e. The summed E-state index contributed by atoms with van der Waals surface area (Å²) >= 11 is 3.55. The fraction of sp³-hybridized carbons (Fsp3) is 0.0952. The van der Waals surface area contributed by atoms with E-state index in [2.05, 4.69) is 56.8 Å². The summed E-state index contributed by atoms with van der Waals surface area (Å²) in [6.45, 7) is 2.08. The summed E-state index contributed by atoms with van der Waals surface area (Å²) in [5, 5.41) is 3.53. The Kier molecular flexibility index (Phi) is 4.39. The molecule has 4 rings (SSSR count). The Bertz CT molecular complexity index is 1050. The van der Waals surface area contributed by atoms with E-state index in [1.54, 1.807) is 7.11 Å². The quantitative estimate of drug-likeness (QED) is 0.462. The number of nitrogens with zero attached hydrogens (tertiary/aromatic N) is 2. The highest BCUT2D eigenvalue weighted by Gasteiger charge is 2.15. The molecule has 26 heavy (non-hydrogen) atoms. The van der Waals surface area contributed by atoms with Gasteiger partial charge in [0.05, 0.1) is 7.11 Å². The van der Waals surface area contributed by atoms with Crippen LogP contribution in [0.2, 0.25) is 0 Å². The third-order valence-corrected chi connectivity index (χ3v) is 4.73. The molecular weight excluding hydrogens is 390 g/mol. The summed E-state index contributed by atoms with van der Waals surface area (Å²) in [6.07, 6.45) is 2.02. The van der Waals surface area contributed by atoms with Crippen LogP contribution in [0.4, 0.5) is 11.5 Å². The van der Waals surface area contributed by atoms with Crippen LogP contribution in [0.25, 0.3) is 16.9 Å². The number of benzene rings is 2. The minimum absolute atomic E-state index is 0.827. The number of halogens is 1. The minimum atomic E-state index is 0.827. The van der Waals surface area contributed by atoms with Crippen molar-refractivity contribution in [1.82, 2.24) is 9.38 Å². The second kappa shape index (κ2) is 6.84. The van der Waals surface area contributed by atoms with Crippen molar-refractivity contribution >= 4 is 33.1 Å². The molecule has 0 fully saturated rings. The SMILES string of the molecule is COc1ccc(-c2nc3ccc(Br)cn3c2Nc2ccc(C)cc2)cc1. The van der Waals surface area contributed by atoms with Crippen molar-refractivity contribution < 1.29 is 4.74 Å². The van der Waals surface area contributed by atoms with E-state index in [1.165, 1.54) is 5.56 Å². The van der Waals surface area contributed by atoms with Gasteiger partial charge in [-0.25, -0.2) is 4.98 Å². The summed E-state index contributed by atoms with van der Waals surface area (Å²) in [4.78, 5) is 4.83. The number of anilines is 2. The van der Waals surface area contributed by atoms with Crippen LogP contribution in [-0.4, -0.2) is 16.5 Å². The van der Waals surface area contributed by atoms with Crippen molar-refractivity contribution in [3.05, 3.63) is 76.9 Å². The summed E-state index contributed by atoms with van der Waals surface area (Å²) in [5.74, 6) is 1.75. The highest BCUT2D eigenvalue weighted by Crippen LogP contribution is 2.33.